The summed E-state index contributed by atoms with van der Waals surface area (Å²) in [6.07, 6.45) is 5.02. The molecule has 1 aliphatic rings. The van der Waals surface area contributed by atoms with E-state index in [1.807, 2.05) is 46.0 Å². The zero-order chi connectivity index (χ0) is 20.0. The summed E-state index contributed by atoms with van der Waals surface area (Å²) in [5, 5.41) is 4.87. The molecule has 0 unspecified atom stereocenters. The van der Waals surface area contributed by atoms with Crippen LogP contribution in [0.1, 0.15) is 28.1 Å². The van der Waals surface area contributed by atoms with Crippen molar-refractivity contribution in [2.24, 2.45) is 5.92 Å². The maximum atomic E-state index is 12.9. The van der Waals surface area contributed by atoms with Crippen molar-refractivity contribution < 1.29 is 9.59 Å². The van der Waals surface area contributed by atoms with Gasteiger partial charge in [-0.05, 0) is 37.5 Å². The van der Waals surface area contributed by atoms with Gasteiger partial charge in [-0.15, -0.1) is 22.7 Å². The molecule has 5 rings (SSSR count). The first kappa shape index (κ1) is 18.3. The van der Waals surface area contributed by atoms with Crippen molar-refractivity contribution in [1.82, 2.24) is 19.3 Å². The molecular weight excluding hydrogens is 406 g/mol. The highest BCUT2D eigenvalue weighted by molar-refractivity contribution is 7.21. The summed E-state index contributed by atoms with van der Waals surface area (Å²) in [5.74, 6) is 0.468. The van der Waals surface area contributed by atoms with E-state index < -0.39 is 0 Å². The molecule has 0 atom stereocenters. The van der Waals surface area contributed by atoms with Crippen molar-refractivity contribution in [2.45, 2.75) is 19.8 Å². The molecule has 2 amide bonds. The molecular formula is C20H19N5O2S2. The monoisotopic (exact) mass is 425 g/mol. The molecule has 1 saturated heterocycles. The highest BCUT2D eigenvalue weighted by Gasteiger charge is 2.29. The lowest BCUT2D eigenvalue weighted by atomic mass is 9.96. The van der Waals surface area contributed by atoms with Crippen molar-refractivity contribution in [3.8, 4) is 0 Å². The lowest BCUT2D eigenvalue weighted by Gasteiger charge is -2.31. The number of thiazole rings is 1. The second-order valence-corrected chi connectivity index (χ2v) is 9.15. The van der Waals surface area contributed by atoms with Crippen LogP contribution < -0.4 is 5.32 Å². The Bertz CT molecular complexity index is 1200. The zero-order valence-corrected chi connectivity index (χ0v) is 17.4. The van der Waals surface area contributed by atoms with Crippen LogP contribution in [0.25, 0.3) is 15.3 Å². The molecule has 7 nitrogen and oxygen atoms in total. The standard InChI is InChI=1S/C20H19N5O2S2/c1-12-2-3-16(21-11-12)22-17(26)13-4-6-24(7-5-13)19(27)15-10-14-18(29-15)23-20-25(14)8-9-28-20/h2-3,8-11,13H,4-7H2,1H3,(H,21,22,26). The van der Waals surface area contributed by atoms with Gasteiger partial charge in [0.2, 0.25) is 5.91 Å². The van der Waals surface area contributed by atoms with Crippen LogP contribution in [0.5, 0.6) is 0 Å². The lowest BCUT2D eigenvalue weighted by molar-refractivity contribution is -0.121. The Morgan fingerprint density at radius 3 is 2.83 bits per heavy atom. The minimum atomic E-state index is -0.102. The quantitative estimate of drug-likeness (QED) is 0.541. The zero-order valence-electron chi connectivity index (χ0n) is 15.8. The minimum absolute atomic E-state index is 0.0241. The van der Waals surface area contributed by atoms with Gasteiger partial charge >= 0.3 is 0 Å². The number of rotatable bonds is 3. The number of likely N-dealkylation sites (tertiary alicyclic amines) is 1. The van der Waals surface area contributed by atoms with Crippen LogP contribution in [0.2, 0.25) is 0 Å². The Morgan fingerprint density at radius 2 is 2.07 bits per heavy atom. The van der Waals surface area contributed by atoms with Gasteiger partial charge in [-0.2, -0.15) is 0 Å². The molecule has 4 aromatic heterocycles. The molecule has 1 aliphatic heterocycles. The summed E-state index contributed by atoms with van der Waals surface area (Å²) in [7, 11) is 0. The Kier molecular flexibility index (Phi) is 4.56. The summed E-state index contributed by atoms with van der Waals surface area (Å²) in [5.41, 5.74) is 2.03. The van der Waals surface area contributed by atoms with Gasteiger partial charge in [0.15, 0.2) is 4.96 Å². The predicted molar refractivity (Wildman–Crippen MR) is 115 cm³/mol. The molecule has 0 radical (unpaired) electrons. The van der Waals surface area contributed by atoms with E-state index in [1.165, 1.54) is 11.3 Å². The average Bonchev–Trinajstić information content (AvgIpc) is 3.42. The fourth-order valence-electron chi connectivity index (χ4n) is 3.62. The van der Waals surface area contributed by atoms with Gasteiger partial charge < -0.3 is 10.2 Å². The highest BCUT2D eigenvalue weighted by Crippen LogP contribution is 2.30. The van der Waals surface area contributed by atoms with Crippen LogP contribution in [0.4, 0.5) is 5.82 Å². The fourth-order valence-corrected chi connectivity index (χ4v) is 5.39. The number of nitrogens with one attached hydrogen (secondary N) is 1. The van der Waals surface area contributed by atoms with Crippen molar-refractivity contribution >= 4 is 55.6 Å². The summed E-state index contributed by atoms with van der Waals surface area (Å²) >= 11 is 3.02. The van der Waals surface area contributed by atoms with E-state index >= 15 is 0 Å². The second kappa shape index (κ2) is 7.23. The number of hydrogen-bond acceptors (Lipinski definition) is 6. The van der Waals surface area contributed by atoms with Crippen molar-refractivity contribution in [3.05, 3.63) is 46.4 Å². The van der Waals surface area contributed by atoms with Gasteiger partial charge in [-0.3, -0.25) is 14.0 Å². The van der Waals surface area contributed by atoms with Crippen LogP contribution in [0.3, 0.4) is 0 Å². The SMILES string of the molecule is Cc1ccc(NC(=O)C2CCN(C(=O)c3cc4c(nc5sccn54)s3)CC2)nc1. The molecule has 0 saturated carbocycles. The molecule has 5 heterocycles. The van der Waals surface area contributed by atoms with E-state index in [-0.39, 0.29) is 17.7 Å². The molecule has 0 bridgehead atoms. The topological polar surface area (TPSA) is 79.6 Å². The number of anilines is 1. The Labute approximate surface area is 175 Å². The first-order valence-electron chi connectivity index (χ1n) is 9.46. The maximum Gasteiger partial charge on any atom is 0.264 e. The van der Waals surface area contributed by atoms with Crippen LogP contribution in [-0.4, -0.2) is 44.2 Å². The Morgan fingerprint density at radius 1 is 1.24 bits per heavy atom. The number of aromatic nitrogens is 3. The van der Waals surface area contributed by atoms with Crippen molar-refractivity contribution in [1.29, 1.82) is 0 Å². The number of fused-ring (bicyclic) bond motifs is 3. The fraction of sp³-hybridized carbons (Fsp3) is 0.300. The number of pyridine rings is 1. The number of carbonyl (C=O) groups is 2. The third-order valence-electron chi connectivity index (χ3n) is 5.27. The number of hydrogen-bond donors (Lipinski definition) is 1. The second-order valence-electron chi connectivity index (χ2n) is 7.24. The average molecular weight is 426 g/mol. The molecule has 9 heteroatoms. The van der Waals surface area contributed by atoms with E-state index in [9.17, 15) is 9.59 Å². The van der Waals surface area contributed by atoms with Gasteiger partial charge in [-0.25, -0.2) is 9.97 Å². The third-order valence-corrected chi connectivity index (χ3v) is 7.03. The molecule has 29 heavy (non-hydrogen) atoms. The molecule has 4 aromatic rings. The summed E-state index contributed by atoms with van der Waals surface area (Å²) in [6, 6.07) is 5.66. The first-order chi connectivity index (χ1) is 14.1. The summed E-state index contributed by atoms with van der Waals surface area (Å²) in [4.78, 5) is 38.6. The van der Waals surface area contributed by atoms with Gasteiger partial charge in [0.1, 0.15) is 10.6 Å². The van der Waals surface area contributed by atoms with Crippen molar-refractivity contribution in [3.63, 3.8) is 0 Å². The number of carbonyl (C=O) groups excluding carboxylic acids is 2. The number of piperidine rings is 1. The van der Waals surface area contributed by atoms with Gasteiger partial charge in [0, 0.05) is 36.8 Å². The smallest absolute Gasteiger partial charge is 0.264 e. The predicted octanol–water partition coefficient (Wildman–Crippen LogP) is 3.80. The first-order valence-corrected chi connectivity index (χ1v) is 11.2. The number of thiophene rings is 1. The Hall–Kier alpha value is -2.78. The third kappa shape index (κ3) is 3.40. The van der Waals surface area contributed by atoms with E-state index in [0.717, 1.165) is 20.9 Å². The molecule has 148 valence electrons. The molecule has 0 aliphatic carbocycles. The summed E-state index contributed by atoms with van der Waals surface area (Å²) < 4.78 is 2.02. The maximum absolute atomic E-state index is 12.9. The highest BCUT2D eigenvalue weighted by atomic mass is 32.1. The van der Waals surface area contributed by atoms with Crippen LogP contribution in [0.15, 0.2) is 36.0 Å². The Balaban J connectivity index is 1.22. The number of aryl methyl sites for hydroxylation is 1. The van der Waals surface area contributed by atoms with Crippen LogP contribution >= 0.6 is 22.7 Å². The minimum Gasteiger partial charge on any atom is -0.338 e. The van der Waals surface area contributed by atoms with Gasteiger partial charge in [0.05, 0.1) is 10.4 Å². The van der Waals surface area contributed by atoms with Gasteiger partial charge in [0.25, 0.3) is 5.91 Å². The van der Waals surface area contributed by atoms with E-state index in [2.05, 4.69) is 15.3 Å². The van der Waals surface area contributed by atoms with E-state index in [1.54, 1.807) is 17.5 Å². The largest absolute Gasteiger partial charge is 0.338 e. The molecule has 0 aromatic carbocycles. The summed E-state index contributed by atoms with van der Waals surface area (Å²) in [6.45, 7) is 3.11. The molecule has 1 fully saturated rings. The lowest BCUT2D eigenvalue weighted by Crippen LogP contribution is -2.41. The number of amides is 2. The molecule has 0 spiro atoms. The van der Waals surface area contributed by atoms with Gasteiger partial charge in [-0.1, -0.05) is 6.07 Å². The molecule has 1 N–H and O–H groups in total. The normalized spacial score (nSPS) is 15.3. The van der Waals surface area contributed by atoms with Crippen LogP contribution in [-0.2, 0) is 4.79 Å². The van der Waals surface area contributed by atoms with E-state index in [4.69, 9.17) is 0 Å². The number of imidazole rings is 1. The van der Waals surface area contributed by atoms with Crippen LogP contribution in [0, 0.1) is 12.8 Å². The van der Waals surface area contributed by atoms with Crippen molar-refractivity contribution in [2.75, 3.05) is 18.4 Å². The van der Waals surface area contributed by atoms with E-state index in [0.29, 0.717) is 36.6 Å². The number of nitrogens with zero attached hydrogens (tertiary/aromatic N) is 4.